The third-order valence-corrected chi connectivity index (χ3v) is 31.0. The summed E-state index contributed by atoms with van der Waals surface area (Å²) in [6, 6.07) is 173. The van der Waals surface area contributed by atoms with Gasteiger partial charge in [0.2, 0.25) is 0 Å². The first kappa shape index (κ1) is 89.2. The molecule has 0 bridgehead atoms. The van der Waals surface area contributed by atoms with Crippen LogP contribution in [0, 0.1) is 0 Å². The van der Waals surface area contributed by atoms with Crippen molar-refractivity contribution in [3.8, 4) is 33.4 Å². The Morgan fingerprint density at radius 1 is 0.217 bits per heavy atom. The highest BCUT2D eigenvalue weighted by Gasteiger charge is 2.52. The van der Waals surface area contributed by atoms with Crippen LogP contribution in [-0.2, 0) is 9.31 Å². The van der Waals surface area contributed by atoms with Gasteiger partial charge in [-0.25, -0.2) is 0 Å². The van der Waals surface area contributed by atoms with E-state index in [1.165, 1.54) is 100 Å². The van der Waals surface area contributed by atoms with Gasteiger partial charge < -0.3 is 37.7 Å². The molecule has 1 fully saturated rings. The molecule has 8 nitrogen and oxygen atoms in total. The fourth-order valence-corrected chi connectivity index (χ4v) is 23.9. The molecular formula is C131H96BBrN4O4S2. The highest BCUT2D eigenvalue weighted by Crippen LogP contribution is 2.53. The van der Waals surface area contributed by atoms with E-state index in [9.17, 15) is 0 Å². The number of furan rings is 2. The van der Waals surface area contributed by atoms with Gasteiger partial charge in [0, 0.05) is 158 Å². The molecule has 0 radical (unpaired) electrons. The van der Waals surface area contributed by atoms with Gasteiger partial charge in [0.05, 0.1) is 11.2 Å². The van der Waals surface area contributed by atoms with E-state index in [-0.39, 0.29) is 25.7 Å². The highest BCUT2D eigenvalue weighted by atomic mass is 79.9. The minimum atomic E-state index is -0.373. The Hall–Kier alpha value is -16.4. The van der Waals surface area contributed by atoms with Crippen molar-refractivity contribution >= 4 is 247 Å². The summed E-state index contributed by atoms with van der Waals surface area (Å²) in [5.74, 6) is 0. The van der Waals surface area contributed by atoms with Gasteiger partial charge in [-0.3, -0.25) is 0 Å². The Morgan fingerprint density at radius 3 is 0.888 bits per heavy atom. The molecule has 22 aromatic carbocycles. The predicted octanol–water partition coefficient (Wildman–Crippen LogP) is 38.8. The zero-order chi connectivity index (χ0) is 95.1. The van der Waals surface area contributed by atoms with E-state index >= 15 is 0 Å². The summed E-state index contributed by atoms with van der Waals surface area (Å²) in [7, 11) is -0.373. The van der Waals surface area contributed by atoms with Gasteiger partial charge in [0.1, 0.15) is 22.3 Å². The summed E-state index contributed by atoms with van der Waals surface area (Å²) in [5, 5.41) is 19.9. The van der Waals surface area contributed by atoms with Crippen LogP contribution in [0.3, 0.4) is 0 Å². The maximum absolute atomic E-state index is 6.76. The summed E-state index contributed by atoms with van der Waals surface area (Å²) >= 11 is 7.62. The van der Waals surface area contributed by atoms with E-state index in [4.69, 9.17) is 18.1 Å². The lowest BCUT2D eigenvalue weighted by Gasteiger charge is -2.32. The Labute approximate surface area is 847 Å². The maximum Gasteiger partial charge on any atom is 0.495 e. The molecule has 0 spiro atoms. The van der Waals surface area contributed by atoms with Crippen molar-refractivity contribution in [3.63, 3.8) is 0 Å². The highest BCUT2D eigenvalue weighted by molar-refractivity contribution is 9.10. The van der Waals surface area contributed by atoms with Crippen molar-refractivity contribution in [2.45, 2.75) is 46.3 Å². The number of thiophene rings is 2. The molecule has 0 N–H and O–H groups in total. The van der Waals surface area contributed by atoms with Crippen molar-refractivity contribution in [2.75, 3.05) is 19.6 Å². The number of benzene rings is 22. The molecule has 0 unspecified atom stereocenters. The number of hydrogen-bond acceptors (Lipinski definition) is 10. The van der Waals surface area contributed by atoms with Crippen LogP contribution < -0.4 is 25.1 Å². The lowest BCUT2D eigenvalue weighted by atomic mass is 9.76. The van der Waals surface area contributed by atoms with E-state index < -0.39 is 0 Å². The van der Waals surface area contributed by atoms with Gasteiger partial charge in [-0.05, 0) is 269 Å². The average molecular weight is 1950 g/mol. The molecule has 686 valence electrons. The number of rotatable bonds is 16. The fraction of sp³-hybridized carbons (Fsp3) is 0.0534. The largest absolute Gasteiger partial charge is 0.495 e. The molecular weight excluding hydrogens is 1850 g/mol. The smallest absolute Gasteiger partial charge is 0.456 e. The SMILES string of the molecule is Brc1cc(N(c2ccccc2)c2ccccc2)cc(N(c2ccccc2)c2ccc3c(c2)oc2cc(-c4ccccc4)ccc23)c1.C.CC1(C)OB(c2cccc3sc4c5ccccc5c5ccccc5c4c23)OC1(C)C.c1ccc(-c2ccc3c(c2)oc2cc(N(c4ccccc4)c4cc(-c5cccc6sc7c8ccccc8c8ccccc8c7c56)cc(N(c5ccccc5)c5ccccc5)c4)ccc23)cc1. The number of fused-ring (bicyclic) bond motifs is 22. The van der Waals surface area contributed by atoms with Crippen LogP contribution in [0.5, 0.6) is 0 Å². The minimum absolute atomic E-state index is 0. The number of anilines is 12. The topological polar surface area (TPSA) is 57.7 Å². The molecule has 12 heteroatoms. The third-order valence-electron chi connectivity index (χ3n) is 28.1. The molecule has 0 amide bonds. The zero-order valence-corrected chi connectivity index (χ0v) is 81.6. The third kappa shape index (κ3) is 16.3. The Bertz CT molecular complexity index is 9190. The van der Waals surface area contributed by atoms with Gasteiger partial charge >= 0.3 is 7.12 Å². The second-order valence-electron chi connectivity index (χ2n) is 37.3. The summed E-state index contributed by atoms with van der Waals surface area (Å²) < 4.78 is 32.4. The minimum Gasteiger partial charge on any atom is -0.456 e. The van der Waals surface area contributed by atoms with E-state index in [2.05, 4.69) is 524 Å². The van der Waals surface area contributed by atoms with Gasteiger partial charge in [-0.1, -0.05) is 327 Å². The molecule has 1 aliphatic heterocycles. The Morgan fingerprint density at radius 2 is 0.510 bits per heavy atom. The van der Waals surface area contributed by atoms with Crippen LogP contribution in [0.25, 0.3) is 161 Å². The van der Waals surface area contributed by atoms with E-state index in [0.717, 1.165) is 139 Å². The number of nitrogens with zero attached hydrogens (tertiary/aromatic N) is 4. The second-order valence-corrected chi connectivity index (χ2v) is 40.3. The fourth-order valence-electron chi connectivity index (χ4n) is 20.8. The van der Waals surface area contributed by atoms with Crippen molar-refractivity contribution < 1.29 is 18.1 Å². The van der Waals surface area contributed by atoms with Crippen LogP contribution in [0.2, 0.25) is 0 Å². The van der Waals surface area contributed by atoms with E-state index in [0.29, 0.717) is 0 Å². The normalized spacial score (nSPS) is 12.8. The second kappa shape index (κ2) is 37.3. The summed E-state index contributed by atoms with van der Waals surface area (Å²) in [6.07, 6.45) is 0. The quantitative estimate of drug-likeness (QED) is 0.0701. The van der Waals surface area contributed by atoms with Gasteiger partial charge in [0.15, 0.2) is 0 Å². The molecule has 0 saturated carbocycles. The lowest BCUT2D eigenvalue weighted by Crippen LogP contribution is -2.41. The van der Waals surface area contributed by atoms with Crippen molar-refractivity contribution in [1.29, 1.82) is 0 Å². The van der Waals surface area contributed by atoms with Crippen molar-refractivity contribution in [1.82, 2.24) is 0 Å². The van der Waals surface area contributed by atoms with E-state index in [1.54, 1.807) is 0 Å². The van der Waals surface area contributed by atoms with Crippen LogP contribution in [0.15, 0.2) is 499 Å². The number of hydrogen-bond donors (Lipinski definition) is 0. The van der Waals surface area contributed by atoms with Crippen LogP contribution in [0.4, 0.5) is 68.2 Å². The molecule has 27 rings (SSSR count). The van der Waals surface area contributed by atoms with Crippen LogP contribution in [0.1, 0.15) is 35.1 Å². The first-order chi connectivity index (χ1) is 69.8. The molecule has 4 aromatic heterocycles. The molecule has 1 aliphatic rings. The summed E-state index contributed by atoms with van der Waals surface area (Å²) in [4.78, 5) is 9.31. The van der Waals surface area contributed by atoms with Gasteiger partial charge in [0.25, 0.3) is 0 Å². The van der Waals surface area contributed by atoms with Crippen LogP contribution >= 0.6 is 38.6 Å². The standard InChI is InChI=1S/C62H40N2OS.C42H29BrN2O.C26H23BO2S.CH4/c1-5-18-41(19-6-1)42-32-34-53-54-35-33-47(40-58(54)65-57(53)38-42)64(46-24-11-4-12-25-46)49-37-43(36-48(39-49)63(44-20-7-2-8-21-44)45-22-9-3-10-23-45)50-30-17-31-59-60(50)61-55-28-15-13-26-51(55)52-27-14-16-29-56(52)62(61)66-59;43-32-26-37(44(33-15-7-2-8-16-33)34-17-9-3-10-18-34)28-38(27-32)45(35-19-11-4-12-20-35)36-22-24-40-39-23-21-31(30-13-5-1-6-14-30)25-41(39)46-42(40)29-36;1-25(2)26(3,4)29-27(28-25)20-14-9-15-21-23(20)22-18-12-7-5-10-16(18)17-11-6-8-13-19(17)24(22)30-21;/h1-40H;1-29H;5-15H,1-4H3;1H4. The average Bonchev–Trinajstić information content (AvgIpc) is 1.73. The van der Waals surface area contributed by atoms with Gasteiger partial charge in [-0.2, -0.15) is 0 Å². The summed E-state index contributed by atoms with van der Waals surface area (Å²) in [6.45, 7) is 8.45. The number of halogens is 1. The first-order valence-electron chi connectivity index (χ1n) is 48.2. The number of para-hydroxylation sites is 6. The van der Waals surface area contributed by atoms with Gasteiger partial charge in [-0.15, -0.1) is 22.7 Å². The van der Waals surface area contributed by atoms with E-state index in [1.807, 2.05) is 46.9 Å². The maximum atomic E-state index is 6.76. The van der Waals surface area contributed by atoms with Crippen molar-refractivity contribution in [3.05, 3.63) is 490 Å². The monoisotopic (exact) mass is 1940 g/mol. The summed E-state index contributed by atoms with van der Waals surface area (Å²) in [5.41, 5.74) is 23.4. The molecule has 26 aromatic rings. The van der Waals surface area contributed by atoms with Crippen LogP contribution in [-0.4, -0.2) is 18.3 Å². The molecule has 0 aliphatic carbocycles. The Balaban J connectivity index is 0.000000124. The van der Waals surface area contributed by atoms with Crippen molar-refractivity contribution in [2.24, 2.45) is 0 Å². The molecule has 0 atom stereocenters. The Kier molecular flexibility index (Phi) is 23.3. The first-order valence-corrected chi connectivity index (χ1v) is 50.6. The zero-order valence-electron chi connectivity index (χ0n) is 78.4. The molecule has 1 saturated heterocycles. The molecule has 5 heterocycles. The molecule has 143 heavy (non-hydrogen) atoms. The predicted molar refractivity (Wildman–Crippen MR) is 615 cm³/mol. The lowest BCUT2D eigenvalue weighted by molar-refractivity contribution is 0.00578.